The van der Waals surface area contributed by atoms with Gasteiger partial charge in [-0.2, -0.15) is 0 Å². The van der Waals surface area contributed by atoms with Crippen LogP contribution in [-0.2, 0) is 20.9 Å². The number of halogens is 1. The van der Waals surface area contributed by atoms with E-state index in [1.54, 1.807) is 29.7 Å². The number of hydrogen-bond donors (Lipinski definition) is 1. The number of benzene rings is 2. The Morgan fingerprint density at radius 2 is 1.85 bits per heavy atom. The molecule has 174 valence electrons. The predicted molar refractivity (Wildman–Crippen MR) is 122 cm³/mol. The highest BCUT2D eigenvalue weighted by atomic mass is 32.2. The molecule has 0 spiro atoms. The van der Waals surface area contributed by atoms with E-state index in [2.05, 4.69) is 15.5 Å². The Balaban J connectivity index is 1.61. The number of thioether (sulfide) groups is 1. The fraction of sp³-hybridized carbons (Fsp3) is 0.304. The average Bonchev–Trinajstić information content (AvgIpc) is 3.23. The Hall–Kier alpha value is -3.40. The van der Waals surface area contributed by atoms with Crippen LogP contribution >= 0.6 is 11.8 Å². The van der Waals surface area contributed by atoms with E-state index in [4.69, 9.17) is 9.47 Å². The lowest BCUT2D eigenvalue weighted by Crippen LogP contribution is -2.26. The number of nitrogens with zero attached hydrogens (tertiary/aromatic N) is 3. The summed E-state index contributed by atoms with van der Waals surface area (Å²) in [6.45, 7) is 2.48. The Bertz CT molecular complexity index is 1060. The molecule has 8 nitrogen and oxygen atoms in total. The van der Waals surface area contributed by atoms with E-state index in [0.29, 0.717) is 30.6 Å². The molecule has 1 aromatic heterocycles. The quantitative estimate of drug-likeness (QED) is 0.245. The molecule has 0 aliphatic heterocycles. The van der Waals surface area contributed by atoms with E-state index >= 15 is 0 Å². The van der Waals surface area contributed by atoms with Gasteiger partial charge in [0.1, 0.15) is 6.61 Å². The number of ether oxygens (including phenoxy) is 2. The zero-order chi connectivity index (χ0) is 23.5. The van der Waals surface area contributed by atoms with Crippen molar-refractivity contribution in [1.82, 2.24) is 20.1 Å². The third-order valence-electron chi connectivity index (χ3n) is 4.43. The first-order chi connectivity index (χ1) is 16.1. The van der Waals surface area contributed by atoms with Crippen molar-refractivity contribution in [2.24, 2.45) is 0 Å². The van der Waals surface area contributed by atoms with E-state index in [0.717, 1.165) is 5.69 Å². The van der Waals surface area contributed by atoms with Crippen LogP contribution in [0.25, 0.3) is 5.69 Å². The van der Waals surface area contributed by atoms with Gasteiger partial charge in [0.15, 0.2) is 22.5 Å². The topological polar surface area (TPSA) is 95.3 Å². The van der Waals surface area contributed by atoms with Crippen LogP contribution < -0.4 is 10.1 Å². The zero-order valence-electron chi connectivity index (χ0n) is 18.2. The maximum Gasteiger partial charge on any atom is 0.305 e. The van der Waals surface area contributed by atoms with Crippen LogP contribution in [0, 0.1) is 5.82 Å². The smallest absolute Gasteiger partial charge is 0.305 e. The van der Waals surface area contributed by atoms with Gasteiger partial charge >= 0.3 is 5.97 Å². The van der Waals surface area contributed by atoms with Crippen molar-refractivity contribution in [3.05, 3.63) is 66.2 Å². The minimum Gasteiger partial charge on any atom is -0.483 e. The third-order valence-corrected chi connectivity index (χ3v) is 5.35. The van der Waals surface area contributed by atoms with Gasteiger partial charge in [0.25, 0.3) is 0 Å². The fourth-order valence-corrected chi connectivity index (χ4v) is 3.70. The number of esters is 1. The molecule has 0 radical (unpaired) electrons. The van der Waals surface area contributed by atoms with Crippen LogP contribution in [0.4, 0.5) is 4.39 Å². The molecular weight excluding hydrogens is 447 g/mol. The molecule has 33 heavy (non-hydrogen) atoms. The van der Waals surface area contributed by atoms with Crippen molar-refractivity contribution in [1.29, 1.82) is 0 Å². The summed E-state index contributed by atoms with van der Waals surface area (Å²) < 4.78 is 26.1. The highest BCUT2D eigenvalue weighted by Crippen LogP contribution is 2.23. The minimum absolute atomic E-state index is 0.00342. The molecule has 0 atom stereocenters. The number of carbonyl (C=O) groups excluding carboxylic acids is 2. The van der Waals surface area contributed by atoms with Crippen LogP contribution in [-0.4, -0.2) is 45.5 Å². The lowest BCUT2D eigenvalue weighted by molar-refractivity contribution is -0.143. The second kappa shape index (κ2) is 12.6. The van der Waals surface area contributed by atoms with E-state index in [1.165, 1.54) is 17.8 Å². The molecule has 0 aliphatic rings. The third kappa shape index (κ3) is 7.31. The van der Waals surface area contributed by atoms with Crippen molar-refractivity contribution in [3.8, 4) is 11.4 Å². The van der Waals surface area contributed by atoms with Gasteiger partial charge in [-0.3, -0.25) is 14.2 Å². The molecule has 3 aromatic rings. The standard InChI is InChI=1S/C23H25FN4O4S/c1-2-31-22(30)13-8-14-25-21(29)16-33-23-27-26-20(28(23)17-9-4-3-5-10-17)15-32-19-12-7-6-11-18(19)24/h3-7,9-12H,2,8,13-16H2,1H3,(H,25,29). The maximum absolute atomic E-state index is 13.9. The summed E-state index contributed by atoms with van der Waals surface area (Å²) in [6, 6.07) is 15.6. The van der Waals surface area contributed by atoms with Crippen molar-refractivity contribution in [2.45, 2.75) is 31.5 Å². The molecule has 1 N–H and O–H groups in total. The van der Waals surface area contributed by atoms with Crippen molar-refractivity contribution in [3.63, 3.8) is 0 Å². The molecule has 0 bridgehead atoms. The van der Waals surface area contributed by atoms with Gasteiger partial charge in [-0.25, -0.2) is 4.39 Å². The summed E-state index contributed by atoms with van der Waals surface area (Å²) in [5.74, 6) is -0.202. The molecule has 0 fully saturated rings. The van der Waals surface area contributed by atoms with Crippen molar-refractivity contribution >= 4 is 23.6 Å². The summed E-state index contributed by atoms with van der Waals surface area (Å²) in [7, 11) is 0. The summed E-state index contributed by atoms with van der Waals surface area (Å²) in [4.78, 5) is 23.6. The van der Waals surface area contributed by atoms with E-state index < -0.39 is 5.82 Å². The normalized spacial score (nSPS) is 10.6. The molecule has 0 saturated carbocycles. The molecule has 0 unspecified atom stereocenters. The molecule has 1 amide bonds. The Morgan fingerprint density at radius 3 is 2.61 bits per heavy atom. The van der Waals surface area contributed by atoms with E-state index in [1.807, 2.05) is 30.3 Å². The maximum atomic E-state index is 13.9. The average molecular weight is 473 g/mol. The highest BCUT2D eigenvalue weighted by Gasteiger charge is 2.17. The number of nitrogens with one attached hydrogen (secondary N) is 1. The summed E-state index contributed by atoms with van der Waals surface area (Å²) >= 11 is 1.22. The molecular formula is C23H25FN4O4S. The van der Waals surface area contributed by atoms with Crippen LogP contribution in [0.5, 0.6) is 5.75 Å². The number of hydrogen-bond acceptors (Lipinski definition) is 7. The van der Waals surface area contributed by atoms with Gasteiger partial charge in [-0.1, -0.05) is 42.1 Å². The first-order valence-electron chi connectivity index (χ1n) is 10.5. The monoisotopic (exact) mass is 472 g/mol. The Labute approximate surface area is 195 Å². The molecule has 0 saturated heterocycles. The molecule has 3 rings (SSSR count). The first kappa shape index (κ1) is 24.2. The van der Waals surface area contributed by atoms with E-state index in [-0.39, 0.29) is 36.4 Å². The second-order valence-corrected chi connectivity index (χ2v) is 7.78. The Kier molecular flexibility index (Phi) is 9.25. The number of rotatable bonds is 12. The summed E-state index contributed by atoms with van der Waals surface area (Å²) in [5.41, 5.74) is 0.798. The van der Waals surface area contributed by atoms with Crippen LogP contribution in [0.15, 0.2) is 59.8 Å². The van der Waals surface area contributed by atoms with Gasteiger partial charge in [-0.05, 0) is 37.6 Å². The lowest BCUT2D eigenvalue weighted by atomic mass is 10.3. The summed E-state index contributed by atoms with van der Waals surface area (Å²) in [5, 5.41) is 11.7. The second-order valence-electron chi connectivity index (χ2n) is 6.84. The zero-order valence-corrected chi connectivity index (χ0v) is 19.0. The molecule has 2 aromatic carbocycles. The fourth-order valence-electron chi connectivity index (χ4n) is 2.90. The number of aromatic nitrogens is 3. The SMILES string of the molecule is CCOC(=O)CCCNC(=O)CSc1nnc(COc2ccccc2F)n1-c1ccccc1. The predicted octanol–water partition coefficient (Wildman–Crippen LogP) is 3.54. The molecule has 0 aliphatic carbocycles. The van der Waals surface area contributed by atoms with Gasteiger partial charge in [-0.15, -0.1) is 10.2 Å². The molecule has 1 heterocycles. The van der Waals surface area contributed by atoms with Crippen LogP contribution in [0.1, 0.15) is 25.6 Å². The van der Waals surface area contributed by atoms with E-state index in [9.17, 15) is 14.0 Å². The van der Waals surface area contributed by atoms with Crippen LogP contribution in [0.3, 0.4) is 0 Å². The number of carbonyl (C=O) groups is 2. The van der Waals surface area contributed by atoms with Gasteiger partial charge in [0.2, 0.25) is 5.91 Å². The first-order valence-corrected chi connectivity index (χ1v) is 11.5. The van der Waals surface area contributed by atoms with Gasteiger partial charge in [0, 0.05) is 18.7 Å². The largest absolute Gasteiger partial charge is 0.483 e. The minimum atomic E-state index is -0.461. The lowest BCUT2D eigenvalue weighted by Gasteiger charge is -2.11. The van der Waals surface area contributed by atoms with Crippen LogP contribution in [0.2, 0.25) is 0 Å². The Morgan fingerprint density at radius 1 is 1.09 bits per heavy atom. The number of amides is 1. The molecule has 10 heteroatoms. The highest BCUT2D eigenvalue weighted by molar-refractivity contribution is 7.99. The van der Waals surface area contributed by atoms with Gasteiger partial charge < -0.3 is 14.8 Å². The van der Waals surface area contributed by atoms with Crippen molar-refractivity contribution < 1.29 is 23.5 Å². The van der Waals surface area contributed by atoms with Crippen molar-refractivity contribution in [2.75, 3.05) is 18.9 Å². The summed E-state index contributed by atoms with van der Waals surface area (Å²) in [6.07, 6.45) is 0.766. The number of para-hydroxylation sites is 2. The van der Waals surface area contributed by atoms with Gasteiger partial charge in [0.05, 0.1) is 12.4 Å².